The van der Waals surface area contributed by atoms with E-state index in [1.165, 1.54) is 14.2 Å². The van der Waals surface area contributed by atoms with Gasteiger partial charge in [-0.2, -0.15) is 5.26 Å². The van der Waals surface area contributed by atoms with Crippen molar-refractivity contribution < 1.29 is 13.5 Å². The van der Waals surface area contributed by atoms with Gasteiger partial charge in [0.05, 0.1) is 29.7 Å². The molecule has 3 aromatic heterocycles. The van der Waals surface area contributed by atoms with Gasteiger partial charge in [0.2, 0.25) is 0 Å². The molecule has 0 unspecified atom stereocenters. The molecule has 0 atom stereocenters. The van der Waals surface area contributed by atoms with E-state index in [4.69, 9.17) is 16.3 Å². The van der Waals surface area contributed by atoms with Crippen molar-refractivity contribution in [3.63, 3.8) is 0 Å². The van der Waals surface area contributed by atoms with E-state index in [0.717, 1.165) is 30.3 Å². The van der Waals surface area contributed by atoms with Crippen LogP contribution in [0.3, 0.4) is 0 Å². The number of amidine groups is 1. The number of aromatic amines is 1. The van der Waals surface area contributed by atoms with E-state index in [2.05, 4.69) is 46.6 Å². The van der Waals surface area contributed by atoms with Gasteiger partial charge in [-0.3, -0.25) is 0 Å². The number of ether oxygens (including phenoxy) is 1. The lowest BCUT2D eigenvalue weighted by atomic mass is 10.1. The maximum absolute atomic E-state index is 13.5. The summed E-state index contributed by atoms with van der Waals surface area (Å²) in [7, 11) is 2.99. The van der Waals surface area contributed by atoms with Gasteiger partial charge in [-0.25, -0.2) is 34.7 Å². The molecule has 15 heteroatoms. The Morgan fingerprint density at radius 2 is 1.98 bits per heavy atom. The number of hydrazone groups is 1. The molecule has 4 aromatic rings. The quantitative estimate of drug-likeness (QED) is 0.0895. The number of H-pyrrole nitrogens is 1. The van der Waals surface area contributed by atoms with Gasteiger partial charge in [0.25, 0.3) is 6.43 Å². The van der Waals surface area contributed by atoms with Crippen molar-refractivity contribution in [2.75, 3.05) is 42.8 Å². The number of hydrogen-bond donors (Lipinski definition) is 5. The van der Waals surface area contributed by atoms with E-state index in [1.54, 1.807) is 30.3 Å². The van der Waals surface area contributed by atoms with Gasteiger partial charge in [0.15, 0.2) is 28.8 Å². The first-order valence-electron chi connectivity index (χ1n) is 12.2. The van der Waals surface area contributed by atoms with Crippen LogP contribution in [0.25, 0.3) is 11.2 Å². The van der Waals surface area contributed by atoms with Crippen LogP contribution in [0.15, 0.2) is 41.5 Å². The van der Waals surface area contributed by atoms with Crippen LogP contribution in [0.2, 0.25) is 0 Å². The summed E-state index contributed by atoms with van der Waals surface area (Å²) in [5.74, 6) is 6.14. The Hall–Kier alpha value is -5.23. The predicted octanol–water partition coefficient (Wildman–Crippen LogP) is 3.29. The maximum atomic E-state index is 13.5. The average molecular weight is 549 g/mol. The van der Waals surface area contributed by atoms with Crippen LogP contribution in [0.5, 0.6) is 5.75 Å². The van der Waals surface area contributed by atoms with Crippen LogP contribution in [0.4, 0.5) is 37.5 Å². The van der Waals surface area contributed by atoms with Crippen molar-refractivity contribution in [2.24, 2.45) is 16.7 Å². The summed E-state index contributed by atoms with van der Waals surface area (Å²) < 4.78 is 32.7. The van der Waals surface area contributed by atoms with Gasteiger partial charge in [0, 0.05) is 26.2 Å². The fourth-order valence-corrected chi connectivity index (χ4v) is 4.25. The second-order valence-corrected chi connectivity index (χ2v) is 8.89. The number of pyridine rings is 2. The number of imidazole rings is 1. The van der Waals surface area contributed by atoms with Crippen molar-refractivity contribution in [2.45, 2.75) is 12.8 Å². The fraction of sp³-hybridized carbons (Fsp3) is 0.240. The summed E-state index contributed by atoms with van der Waals surface area (Å²) in [4.78, 5) is 17.5. The molecule has 5 rings (SSSR count). The van der Waals surface area contributed by atoms with Gasteiger partial charge < -0.3 is 31.0 Å². The van der Waals surface area contributed by atoms with Gasteiger partial charge in [-0.1, -0.05) is 6.07 Å². The second kappa shape index (κ2) is 10.9. The number of hydrazine groups is 1. The second-order valence-electron chi connectivity index (χ2n) is 8.89. The largest absolute Gasteiger partial charge is 0.494 e. The van der Waals surface area contributed by atoms with Crippen molar-refractivity contribution in [1.82, 2.24) is 25.1 Å². The minimum absolute atomic E-state index is 0.0430. The Morgan fingerprint density at radius 3 is 2.62 bits per heavy atom. The van der Waals surface area contributed by atoms with Crippen LogP contribution in [-0.2, 0) is 0 Å². The van der Waals surface area contributed by atoms with E-state index in [9.17, 15) is 14.0 Å². The van der Waals surface area contributed by atoms with Gasteiger partial charge in [0.1, 0.15) is 23.2 Å². The molecular weight excluding hydrogens is 522 g/mol. The SMILES string of the molecule is COc1c(Nc2cc(Nc3ccc(N4CCC4)c(C#N)n3)nc3nc(C(F)F)[nH]c23)cccc1/C(N)=N/N(C)N. The highest BCUT2D eigenvalue weighted by atomic mass is 19.3. The normalized spacial score (nSPS) is 13.2. The molecule has 0 radical (unpaired) electrons. The number of methoxy groups -OCH3 is 1. The number of aromatic nitrogens is 4. The van der Waals surface area contributed by atoms with Crippen molar-refractivity contribution in [3.05, 3.63) is 53.5 Å². The fourth-order valence-electron chi connectivity index (χ4n) is 4.25. The standard InChI is InChI=1S/C25H26F2N12O/c1-38(30)37-23(29)13-5-3-6-14(21(13)40-2)31-15-11-19(34-24-20(15)35-25(36-24)22(26)27)33-18-8-7-17(16(12-28)32-18)39-9-4-10-39/h3,5-8,11,22H,4,9-10,30H2,1-2H3,(H2,29,37)(H3,31,32,33,34,35,36). The highest BCUT2D eigenvalue weighted by Gasteiger charge is 2.21. The first-order valence-corrected chi connectivity index (χ1v) is 12.2. The number of nitrogens with one attached hydrogen (secondary N) is 3. The van der Waals surface area contributed by atoms with E-state index in [-0.39, 0.29) is 28.5 Å². The third-order valence-electron chi connectivity index (χ3n) is 6.15. The molecule has 1 saturated heterocycles. The van der Waals surface area contributed by atoms with Crippen LogP contribution >= 0.6 is 0 Å². The molecular formula is C25H26F2N12O. The van der Waals surface area contributed by atoms with E-state index >= 15 is 0 Å². The van der Waals surface area contributed by atoms with E-state index in [1.807, 2.05) is 6.07 Å². The zero-order chi connectivity index (χ0) is 28.4. The lowest BCUT2D eigenvalue weighted by Crippen LogP contribution is -2.37. The lowest BCUT2D eigenvalue weighted by molar-refractivity contribution is 0.142. The smallest absolute Gasteiger partial charge is 0.295 e. The molecule has 4 heterocycles. The Bertz CT molecular complexity index is 1620. The zero-order valence-corrected chi connectivity index (χ0v) is 21.6. The highest BCUT2D eigenvalue weighted by molar-refractivity contribution is 6.02. The number of benzene rings is 1. The van der Waals surface area contributed by atoms with Gasteiger partial charge >= 0.3 is 0 Å². The summed E-state index contributed by atoms with van der Waals surface area (Å²) in [5, 5.41) is 21.0. The summed E-state index contributed by atoms with van der Waals surface area (Å²) in [6.07, 6.45) is -1.78. The molecule has 1 aromatic carbocycles. The topological polar surface area (TPSA) is 182 Å². The summed E-state index contributed by atoms with van der Waals surface area (Å²) in [6.45, 7) is 1.74. The van der Waals surface area contributed by atoms with Crippen molar-refractivity contribution in [3.8, 4) is 11.8 Å². The molecule has 1 aliphatic rings. The summed E-state index contributed by atoms with van der Waals surface area (Å²) in [5.41, 5.74) is 8.72. The Balaban J connectivity index is 1.55. The number of nitrogens with two attached hydrogens (primary N) is 2. The van der Waals surface area contributed by atoms with Gasteiger partial charge in [-0.15, -0.1) is 5.10 Å². The van der Waals surface area contributed by atoms with Crippen LogP contribution in [0.1, 0.15) is 29.9 Å². The number of alkyl halides is 2. The monoisotopic (exact) mass is 548 g/mol. The maximum Gasteiger partial charge on any atom is 0.295 e. The number of nitriles is 1. The minimum Gasteiger partial charge on any atom is -0.494 e. The molecule has 0 saturated carbocycles. The highest BCUT2D eigenvalue weighted by Crippen LogP contribution is 2.35. The molecule has 40 heavy (non-hydrogen) atoms. The average Bonchev–Trinajstić information content (AvgIpc) is 3.33. The number of fused-ring (bicyclic) bond motifs is 1. The van der Waals surface area contributed by atoms with Crippen molar-refractivity contribution in [1.29, 1.82) is 5.26 Å². The number of anilines is 5. The predicted molar refractivity (Wildman–Crippen MR) is 147 cm³/mol. The first-order chi connectivity index (χ1) is 19.3. The number of hydrogen-bond acceptors (Lipinski definition) is 11. The summed E-state index contributed by atoms with van der Waals surface area (Å²) >= 11 is 0. The Morgan fingerprint density at radius 1 is 1.18 bits per heavy atom. The van der Waals surface area contributed by atoms with Gasteiger partial charge in [-0.05, 0) is 30.7 Å². The van der Waals surface area contributed by atoms with E-state index < -0.39 is 12.2 Å². The first kappa shape index (κ1) is 26.4. The number of para-hydroxylation sites is 1. The third-order valence-corrected chi connectivity index (χ3v) is 6.15. The molecule has 0 aliphatic carbocycles. The zero-order valence-electron chi connectivity index (χ0n) is 21.6. The minimum atomic E-state index is -2.84. The molecule has 1 fully saturated rings. The number of halogens is 2. The van der Waals surface area contributed by atoms with Crippen LogP contribution in [0, 0.1) is 11.3 Å². The number of rotatable bonds is 9. The third kappa shape index (κ3) is 5.20. The molecule has 1 aliphatic heterocycles. The summed E-state index contributed by atoms with van der Waals surface area (Å²) in [6, 6.07) is 12.4. The van der Waals surface area contributed by atoms with Crippen LogP contribution < -0.4 is 31.8 Å². The lowest BCUT2D eigenvalue weighted by Gasteiger charge is -2.33. The molecule has 0 amide bonds. The van der Waals surface area contributed by atoms with Crippen molar-refractivity contribution >= 4 is 45.7 Å². The number of nitrogens with zero attached hydrogens (tertiary/aromatic N) is 7. The Kier molecular flexibility index (Phi) is 7.17. The Labute approximate surface area is 227 Å². The van der Waals surface area contributed by atoms with E-state index in [0.29, 0.717) is 28.5 Å². The molecule has 206 valence electrons. The molecule has 13 nitrogen and oxygen atoms in total. The molecule has 0 spiro atoms. The molecule has 0 bridgehead atoms. The molecule has 7 N–H and O–H groups in total. The van der Waals surface area contributed by atoms with Crippen LogP contribution in [-0.4, -0.2) is 58.1 Å².